The minimum absolute atomic E-state index is 0.0355. The highest BCUT2D eigenvalue weighted by Gasteiger charge is 2.21. The molecule has 21 heavy (non-hydrogen) atoms. The van der Waals surface area contributed by atoms with Crippen molar-refractivity contribution in [3.05, 3.63) is 38.3 Å². The van der Waals surface area contributed by atoms with Gasteiger partial charge in [-0.05, 0) is 41.4 Å². The quantitative estimate of drug-likeness (QED) is 0.712. The molecule has 0 saturated carbocycles. The van der Waals surface area contributed by atoms with E-state index in [1.165, 1.54) is 11.6 Å². The first-order chi connectivity index (χ1) is 9.88. The Morgan fingerprint density at radius 1 is 1.33 bits per heavy atom. The van der Waals surface area contributed by atoms with E-state index < -0.39 is 5.97 Å². The molecular weight excluding hydrogens is 404 g/mol. The lowest BCUT2D eigenvalue weighted by Gasteiger charge is -2.26. The molecule has 0 atom stereocenters. The number of amides is 2. The van der Waals surface area contributed by atoms with Crippen LogP contribution in [-0.2, 0) is 0 Å². The summed E-state index contributed by atoms with van der Waals surface area (Å²) in [5.74, 6) is -1.10. The number of nitrogens with zero attached hydrogens (tertiary/aromatic N) is 1. The van der Waals surface area contributed by atoms with E-state index in [9.17, 15) is 14.7 Å². The molecule has 2 rings (SSSR count). The fourth-order valence-corrected chi connectivity index (χ4v) is 3.33. The number of urea groups is 1. The summed E-state index contributed by atoms with van der Waals surface area (Å²) >= 11 is 6.53. The number of benzene rings is 1. The highest BCUT2D eigenvalue weighted by molar-refractivity contribution is 9.11. The van der Waals surface area contributed by atoms with Gasteiger partial charge < -0.3 is 15.3 Å². The molecule has 1 aliphatic heterocycles. The Balaban J connectivity index is 2.23. The molecule has 1 heterocycles. The number of carboxylic acid groups (broad SMARTS) is 1. The number of carbonyl (C=O) groups excluding carboxylic acids is 1. The SMILES string of the molecule is CC1=CCN(C(=O)Nc2c(Br)cc(Br)cc2C(=O)O)CC1. The maximum absolute atomic E-state index is 12.2. The van der Waals surface area contributed by atoms with Crippen molar-refractivity contribution in [3.8, 4) is 0 Å². The summed E-state index contributed by atoms with van der Waals surface area (Å²) in [6.45, 7) is 3.20. The molecule has 7 heteroatoms. The van der Waals surface area contributed by atoms with Crippen LogP contribution in [0, 0.1) is 0 Å². The van der Waals surface area contributed by atoms with Crippen LogP contribution in [0.5, 0.6) is 0 Å². The largest absolute Gasteiger partial charge is 0.478 e. The monoisotopic (exact) mass is 416 g/mol. The molecule has 0 bridgehead atoms. The van der Waals surface area contributed by atoms with Crippen LogP contribution in [0.1, 0.15) is 23.7 Å². The van der Waals surface area contributed by atoms with Crippen LogP contribution in [0.4, 0.5) is 10.5 Å². The Morgan fingerprint density at radius 2 is 2.05 bits per heavy atom. The van der Waals surface area contributed by atoms with Gasteiger partial charge in [0.05, 0.1) is 11.3 Å². The number of halogens is 2. The van der Waals surface area contributed by atoms with E-state index >= 15 is 0 Å². The maximum Gasteiger partial charge on any atom is 0.337 e. The van der Waals surface area contributed by atoms with Crippen LogP contribution in [0.2, 0.25) is 0 Å². The molecule has 112 valence electrons. The number of rotatable bonds is 2. The van der Waals surface area contributed by atoms with E-state index in [2.05, 4.69) is 37.2 Å². The fraction of sp³-hybridized carbons (Fsp3) is 0.286. The zero-order valence-corrected chi connectivity index (χ0v) is 14.5. The molecule has 2 N–H and O–H groups in total. The standard InChI is InChI=1S/C14H14Br2N2O3/c1-8-2-4-18(5-3-8)14(21)17-12-10(13(19)20)6-9(15)7-11(12)16/h2,6-7H,3-5H2,1H3,(H,17,21)(H,19,20). The molecule has 0 radical (unpaired) electrons. The molecule has 1 aromatic carbocycles. The molecule has 0 spiro atoms. The van der Waals surface area contributed by atoms with Crippen LogP contribution >= 0.6 is 31.9 Å². The summed E-state index contributed by atoms with van der Waals surface area (Å²) < 4.78 is 1.15. The molecular formula is C14H14Br2N2O3. The van der Waals surface area contributed by atoms with E-state index in [0.29, 0.717) is 22.0 Å². The normalized spacial score (nSPS) is 14.6. The minimum atomic E-state index is -1.10. The van der Waals surface area contributed by atoms with Crippen molar-refractivity contribution in [2.75, 3.05) is 18.4 Å². The number of hydrogen-bond donors (Lipinski definition) is 2. The van der Waals surface area contributed by atoms with Crippen molar-refractivity contribution >= 4 is 49.5 Å². The summed E-state index contributed by atoms with van der Waals surface area (Å²) in [5.41, 5.74) is 1.56. The second-order valence-electron chi connectivity index (χ2n) is 4.79. The van der Waals surface area contributed by atoms with Gasteiger partial charge in [0, 0.05) is 22.0 Å². The zero-order chi connectivity index (χ0) is 15.6. The van der Waals surface area contributed by atoms with Gasteiger partial charge in [0.1, 0.15) is 0 Å². The van der Waals surface area contributed by atoms with Gasteiger partial charge in [-0.1, -0.05) is 27.6 Å². The fourth-order valence-electron chi connectivity index (χ4n) is 2.01. The van der Waals surface area contributed by atoms with Crippen molar-refractivity contribution in [2.24, 2.45) is 0 Å². The Morgan fingerprint density at radius 3 is 2.62 bits per heavy atom. The zero-order valence-electron chi connectivity index (χ0n) is 11.3. The Labute approximate surface area is 139 Å². The van der Waals surface area contributed by atoms with Gasteiger partial charge in [-0.15, -0.1) is 0 Å². The summed E-state index contributed by atoms with van der Waals surface area (Å²) in [6, 6.07) is 2.86. The predicted octanol–water partition coefficient (Wildman–Crippen LogP) is 4.09. The maximum atomic E-state index is 12.2. The summed E-state index contributed by atoms with van der Waals surface area (Å²) in [5, 5.41) is 11.9. The van der Waals surface area contributed by atoms with Crippen molar-refractivity contribution < 1.29 is 14.7 Å². The van der Waals surface area contributed by atoms with E-state index in [1.54, 1.807) is 11.0 Å². The molecule has 5 nitrogen and oxygen atoms in total. The van der Waals surface area contributed by atoms with Gasteiger partial charge in [0.15, 0.2) is 0 Å². The summed E-state index contributed by atoms with van der Waals surface area (Å²) in [6.07, 6.45) is 2.83. The van der Waals surface area contributed by atoms with Crippen molar-refractivity contribution in [1.29, 1.82) is 0 Å². The third-order valence-electron chi connectivity index (χ3n) is 3.24. The average Bonchev–Trinajstić information content (AvgIpc) is 2.41. The van der Waals surface area contributed by atoms with Crippen LogP contribution in [0.25, 0.3) is 0 Å². The molecule has 0 fully saturated rings. The average molecular weight is 418 g/mol. The van der Waals surface area contributed by atoms with Gasteiger partial charge in [-0.3, -0.25) is 0 Å². The van der Waals surface area contributed by atoms with E-state index in [-0.39, 0.29) is 17.3 Å². The third kappa shape index (κ3) is 3.85. The highest BCUT2D eigenvalue weighted by atomic mass is 79.9. The molecule has 2 amide bonds. The van der Waals surface area contributed by atoms with E-state index in [4.69, 9.17) is 0 Å². The second kappa shape index (κ2) is 6.62. The first-order valence-corrected chi connectivity index (χ1v) is 7.91. The smallest absolute Gasteiger partial charge is 0.337 e. The van der Waals surface area contributed by atoms with Crippen molar-refractivity contribution in [3.63, 3.8) is 0 Å². The summed E-state index contributed by atoms with van der Waals surface area (Å²) in [4.78, 5) is 25.2. The first kappa shape index (κ1) is 16.0. The minimum Gasteiger partial charge on any atom is -0.478 e. The van der Waals surface area contributed by atoms with Crippen molar-refractivity contribution in [1.82, 2.24) is 4.90 Å². The van der Waals surface area contributed by atoms with Crippen LogP contribution in [0.15, 0.2) is 32.7 Å². The number of carbonyl (C=O) groups is 2. The highest BCUT2D eigenvalue weighted by Crippen LogP contribution is 2.31. The van der Waals surface area contributed by atoms with Crippen molar-refractivity contribution in [2.45, 2.75) is 13.3 Å². The van der Waals surface area contributed by atoms with Gasteiger partial charge in [0.2, 0.25) is 0 Å². The Kier molecular flexibility index (Phi) is 5.05. The third-order valence-corrected chi connectivity index (χ3v) is 4.32. The van der Waals surface area contributed by atoms with Gasteiger partial charge in [-0.2, -0.15) is 0 Å². The topological polar surface area (TPSA) is 69.6 Å². The molecule has 0 aliphatic carbocycles. The molecule has 1 aromatic rings. The first-order valence-electron chi connectivity index (χ1n) is 6.32. The predicted molar refractivity (Wildman–Crippen MR) is 87.8 cm³/mol. The lowest BCUT2D eigenvalue weighted by atomic mass is 10.1. The Bertz CT molecular complexity index is 629. The second-order valence-corrected chi connectivity index (χ2v) is 6.56. The number of aromatic carboxylic acids is 1. The lowest BCUT2D eigenvalue weighted by Crippen LogP contribution is -2.38. The number of nitrogens with one attached hydrogen (secondary N) is 1. The molecule has 0 unspecified atom stereocenters. The van der Waals surface area contributed by atoms with Gasteiger partial charge >= 0.3 is 12.0 Å². The van der Waals surface area contributed by atoms with E-state index in [1.807, 2.05) is 13.0 Å². The van der Waals surface area contributed by atoms with Gasteiger partial charge in [-0.25, -0.2) is 9.59 Å². The Hall–Kier alpha value is -1.34. The lowest BCUT2D eigenvalue weighted by molar-refractivity contribution is 0.0698. The van der Waals surface area contributed by atoms with Crippen LogP contribution in [0.3, 0.4) is 0 Å². The number of hydrogen-bond acceptors (Lipinski definition) is 2. The summed E-state index contributed by atoms with van der Waals surface area (Å²) in [7, 11) is 0. The molecule has 0 saturated heterocycles. The van der Waals surface area contributed by atoms with Crippen LogP contribution in [-0.4, -0.2) is 35.1 Å². The van der Waals surface area contributed by atoms with Crippen LogP contribution < -0.4 is 5.32 Å². The van der Waals surface area contributed by atoms with E-state index in [0.717, 1.165) is 6.42 Å². The number of carboxylic acids is 1. The van der Waals surface area contributed by atoms with Gasteiger partial charge in [0.25, 0.3) is 0 Å². The molecule has 0 aromatic heterocycles. The number of anilines is 1. The molecule has 1 aliphatic rings.